The summed E-state index contributed by atoms with van der Waals surface area (Å²) in [6.07, 6.45) is 2.35. The normalized spacial score (nSPS) is 16.4. The standard InChI is InChI=1S/C21H32N4O/c1-5-6-11-23(4)19-9-7-18(8-10-19)21(26)25-14-12-24(13-15-25)20(16-22)17(2)3/h7-10,17,20H,5-6,11-15H2,1-4H3. The zero-order valence-corrected chi connectivity index (χ0v) is 16.6. The van der Waals surface area contributed by atoms with Gasteiger partial charge in [-0.3, -0.25) is 9.69 Å². The molecule has 5 nitrogen and oxygen atoms in total. The van der Waals surface area contributed by atoms with Gasteiger partial charge < -0.3 is 9.80 Å². The summed E-state index contributed by atoms with van der Waals surface area (Å²) in [5.41, 5.74) is 1.89. The van der Waals surface area contributed by atoms with Crippen molar-refractivity contribution in [2.45, 2.75) is 39.7 Å². The van der Waals surface area contributed by atoms with E-state index in [-0.39, 0.29) is 11.9 Å². The van der Waals surface area contributed by atoms with E-state index in [0.717, 1.165) is 30.9 Å². The SMILES string of the molecule is CCCCN(C)c1ccc(C(=O)N2CCN(C(C#N)C(C)C)CC2)cc1. The fraction of sp³-hybridized carbons (Fsp3) is 0.619. The Morgan fingerprint density at radius 3 is 2.31 bits per heavy atom. The first kappa shape index (κ1) is 20.3. The van der Waals surface area contributed by atoms with E-state index >= 15 is 0 Å². The van der Waals surface area contributed by atoms with Crippen LogP contribution in [0.4, 0.5) is 5.69 Å². The van der Waals surface area contributed by atoms with Crippen molar-refractivity contribution in [1.29, 1.82) is 5.26 Å². The van der Waals surface area contributed by atoms with Gasteiger partial charge in [0.25, 0.3) is 5.91 Å². The predicted octanol–water partition coefficient (Wildman–Crippen LogP) is 3.23. The van der Waals surface area contributed by atoms with E-state index in [2.05, 4.69) is 43.7 Å². The molecule has 1 aromatic rings. The second-order valence-electron chi connectivity index (χ2n) is 7.47. The van der Waals surface area contributed by atoms with E-state index < -0.39 is 0 Å². The lowest BCUT2D eigenvalue weighted by atomic mass is 10.0. The summed E-state index contributed by atoms with van der Waals surface area (Å²) in [6.45, 7) is 10.3. The lowest BCUT2D eigenvalue weighted by Gasteiger charge is -2.38. The van der Waals surface area contributed by atoms with Crippen molar-refractivity contribution in [1.82, 2.24) is 9.80 Å². The van der Waals surface area contributed by atoms with Gasteiger partial charge in [0, 0.05) is 51.0 Å². The monoisotopic (exact) mass is 356 g/mol. The quantitative estimate of drug-likeness (QED) is 0.753. The average Bonchev–Trinajstić information content (AvgIpc) is 2.66. The molecule has 1 aliphatic heterocycles. The number of nitriles is 1. The van der Waals surface area contributed by atoms with Gasteiger partial charge in [-0.05, 0) is 36.6 Å². The predicted molar refractivity (Wildman–Crippen MR) is 106 cm³/mol. The minimum absolute atomic E-state index is 0.0646. The van der Waals surface area contributed by atoms with E-state index in [1.807, 2.05) is 29.2 Å². The van der Waals surface area contributed by atoms with Crippen LogP contribution in [-0.2, 0) is 0 Å². The van der Waals surface area contributed by atoms with Crippen molar-refractivity contribution in [2.75, 3.05) is 44.7 Å². The van der Waals surface area contributed by atoms with E-state index in [4.69, 9.17) is 0 Å². The third-order valence-corrected chi connectivity index (χ3v) is 5.16. The third kappa shape index (κ3) is 4.98. The van der Waals surface area contributed by atoms with E-state index in [0.29, 0.717) is 19.0 Å². The van der Waals surface area contributed by atoms with Gasteiger partial charge in [0.2, 0.25) is 0 Å². The third-order valence-electron chi connectivity index (χ3n) is 5.16. The van der Waals surface area contributed by atoms with Crippen LogP contribution < -0.4 is 4.90 Å². The zero-order chi connectivity index (χ0) is 19.1. The second kappa shape index (κ2) is 9.59. The molecule has 1 saturated heterocycles. The molecule has 1 amide bonds. The number of carbonyl (C=O) groups excluding carboxylic acids is 1. The largest absolute Gasteiger partial charge is 0.375 e. The van der Waals surface area contributed by atoms with Gasteiger partial charge in [-0.1, -0.05) is 27.2 Å². The highest BCUT2D eigenvalue weighted by Crippen LogP contribution is 2.18. The van der Waals surface area contributed by atoms with Crippen LogP contribution in [0.3, 0.4) is 0 Å². The number of hydrogen-bond acceptors (Lipinski definition) is 4. The van der Waals surface area contributed by atoms with Crippen LogP contribution in [0.1, 0.15) is 44.0 Å². The van der Waals surface area contributed by atoms with Crippen molar-refractivity contribution >= 4 is 11.6 Å². The van der Waals surface area contributed by atoms with Crippen LogP contribution in [-0.4, -0.2) is 61.5 Å². The molecule has 1 aliphatic rings. The summed E-state index contributed by atoms with van der Waals surface area (Å²) in [7, 11) is 2.09. The van der Waals surface area contributed by atoms with Gasteiger partial charge in [-0.25, -0.2) is 0 Å². The summed E-state index contributed by atoms with van der Waals surface area (Å²) in [6, 6.07) is 10.3. The molecule has 1 unspecified atom stereocenters. The number of piperazine rings is 1. The molecular weight excluding hydrogens is 324 g/mol. The van der Waals surface area contributed by atoms with Crippen LogP contribution in [0, 0.1) is 17.2 Å². The lowest BCUT2D eigenvalue weighted by molar-refractivity contribution is 0.0577. The number of benzene rings is 1. The molecule has 5 heteroatoms. The minimum atomic E-state index is -0.0646. The first-order valence-corrected chi connectivity index (χ1v) is 9.72. The van der Waals surface area contributed by atoms with Crippen molar-refractivity contribution in [3.05, 3.63) is 29.8 Å². The smallest absolute Gasteiger partial charge is 0.253 e. The lowest BCUT2D eigenvalue weighted by Crippen LogP contribution is -2.52. The molecule has 0 saturated carbocycles. The molecule has 0 aliphatic carbocycles. The highest BCUT2D eigenvalue weighted by atomic mass is 16.2. The minimum Gasteiger partial charge on any atom is -0.375 e. The molecule has 0 N–H and O–H groups in total. The number of unbranched alkanes of at least 4 members (excludes halogenated alkanes) is 1. The Bertz CT molecular complexity index is 612. The molecular formula is C21H32N4O. The van der Waals surface area contributed by atoms with Gasteiger partial charge in [0.1, 0.15) is 6.04 Å². The molecule has 1 fully saturated rings. The molecule has 0 radical (unpaired) electrons. The zero-order valence-electron chi connectivity index (χ0n) is 16.6. The molecule has 1 aromatic carbocycles. The van der Waals surface area contributed by atoms with Gasteiger partial charge in [-0.2, -0.15) is 5.26 Å². The number of rotatable bonds is 7. The summed E-state index contributed by atoms with van der Waals surface area (Å²) in [4.78, 5) is 19.1. The Labute approximate surface area is 158 Å². The maximum atomic E-state index is 12.8. The molecule has 0 aromatic heterocycles. The van der Waals surface area contributed by atoms with E-state index in [1.165, 1.54) is 12.8 Å². The highest BCUT2D eigenvalue weighted by molar-refractivity contribution is 5.94. The molecule has 2 rings (SSSR count). The Balaban J connectivity index is 1.93. The summed E-state index contributed by atoms with van der Waals surface area (Å²) < 4.78 is 0. The molecule has 0 spiro atoms. The number of nitrogens with zero attached hydrogens (tertiary/aromatic N) is 4. The Morgan fingerprint density at radius 2 is 1.81 bits per heavy atom. The van der Waals surface area contributed by atoms with Crippen LogP contribution in [0.15, 0.2) is 24.3 Å². The molecule has 0 bridgehead atoms. The number of amides is 1. The molecule has 142 valence electrons. The second-order valence-corrected chi connectivity index (χ2v) is 7.47. The highest BCUT2D eigenvalue weighted by Gasteiger charge is 2.28. The van der Waals surface area contributed by atoms with Crippen molar-refractivity contribution in [3.8, 4) is 6.07 Å². The van der Waals surface area contributed by atoms with Gasteiger partial charge in [0.15, 0.2) is 0 Å². The van der Waals surface area contributed by atoms with Crippen molar-refractivity contribution < 1.29 is 4.79 Å². The van der Waals surface area contributed by atoms with Gasteiger partial charge >= 0.3 is 0 Å². The molecule has 1 atom stereocenters. The topological polar surface area (TPSA) is 50.6 Å². The van der Waals surface area contributed by atoms with Crippen LogP contribution in [0.25, 0.3) is 0 Å². The van der Waals surface area contributed by atoms with Crippen molar-refractivity contribution in [2.24, 2.45) is 5.92 Å². The summed E-state index contributed by atoms with van der Waals surface area (Å²) >= 11 is 0. The Morgan fingerprint density at radius 1 is 1.19 bits per heavy atom. The van der Waals surface area contributed by atoms with Gasteiger partial charge in [0.05, 0.1) is 6.07 Å². The van der Waals surface area contributed by atoms with E-state index in [1.54, 1.807) is 0 Å². The first-order chi connectivity index (χ1) is 12.5. The summed E-state index contributed by atoms with van der Waals surface area (Å²) in [5.74, 6) is 0.393. The van der Waals surface area contributed by atoms with Crippen molar-refractivity contribution in [3.63, 3.8) is 0 Å². The first-order valence-electron chi connectivity index (χ1n) is 9.72. The number of anilines is 1. The summed E-state index contributed by atoms with van der Waals surface area (Å²) in [5, 5.41) is 9.35. The van der Waals surface area contributed by atoms with Crippen LogP contribution in [0.5, 0.6) is 0 Å². The molecule has 26 heavy (non-hydrogen) atoms. The van der Waals surface area contributed by atoms with Gasteiger partial charge in [-0.15, -0.1) is 0 Å². The van der Waals surface area contributed by atoms with E-state index in [9.17, 15) is 10.1 Å². The fourth-order valence-corrected chi connectivity index (χ4v) is 3.42. The maximum Gasteiger partial charge on any atom is 0.253 e. The molecule has 1 heterocycles. The van der Waals surface area contributed by atoms with Crippen LogP contribution >= 0.6 is 0 Å². The maximum absolute atomic E-state index is 12.8. The number of hydrogen-bond donors (Lipinski definition) is 0. The fourth-order valence-electron chi connectivity index (χ4n) is 3.42. The average molecular weight is 357 g/mol. The number of carbonyl (C=O) groups is 1. The van der Waals surface area contributed by atoms with Crippen LogP contribution in [0.2, 0.25) is 0 Å². The Kier molecular flexibility index (Phi) is 7.47. The Hall–Kier alpha value is -2.06.